The monoisotopic (exact) mass is 438 g/mol. The molecule has 1 unspecified atom stereocenters. The van der Waals surface area contributed by atoms with Crippen LogP contribution in [-0.2, 0) is 14.8 Å². The highest BCUT2D eigenvalue weighted by molar-refractivity contribution is 7.92. The third-order valence-electron chi connectivity index (χ3n) is 4.85. The van der Waals surface area contributed by atoms with E-state index in [1.165, 1.54) is 12.1 Å². The van der Waals surface area contributed by atoms with Crippen molar-refractivity contribution in [1.82, 2.24) is 0 Å². The molecule has 0 saturated carbocycles. The van der Waals surface area contributed by atoms with Gasteiger partial charge in [-0.2, -0.15) is 0 Å². The number of nitrogens with one attached hydrogen (secondary N) is 2. The van der Waals surface area contributed by atoms with Crippen molar-refractivity contribution in [1.29, 1.82) is 0 Å². The van der Waals surface area contributed by atoms with Gasteiger partial charge in [0.2, 0.25) is 0 Å². The molecule has 0 aliphatic carbocycles. The van der Waals surface area contributed by atoms with Crippen LogP contribution in [0.2, 0.25) is 0 Å². The molecule has 6 nitrogen and oxygen atoms in total. The number of benzene rings is 3. The van der Waals surface area contributed by atoms with E-state index in [1.54, 1.807) is 19.1 Å². The van der Waals surface area contributed by atoms with Crippen LogP contribution in [-0.4, -0.2) is 20.4 Å². The second-order valence-electron chi connectivity index (χ2n) is 7.46. The van der Waals surface area contributed by atoms with Crippen molar-refractivity contribution in [2.75, 3.05) is 10.0 Å². The van der Waals surface area contributed by atoms with Crippen LogP contribution in [0.4, 0.5) is 11.4 Å². The summed E-state index contributed by atoms with van der Waals surface area (Å²) in [4.78, 5) is 12.5. The molecule has 3 aromatic rings. The Kier molecular flexibility index (Phi) is 6.65. The molecule has 0 bridgehead atoms. The van der Waals surface area contributed by atoms with E-state index in [9.17, 15) is 13.2 Å². The van der Waals surface area contributed by atoms with Crippen LogP contribution in [0.1, 0.15) is 23.6 Å². The highest BCUT2D eigenvalue weighted by Crippen LogP contribution is 2.24. The Labute approximate surface area is 183 Å². The summed E-state index contributed by atoms with van der Waals surface area (Å²) in [7, 11) is -3.75. The maximum atomic E-state index is 12.8. The highest BCUT2D eigenvalue weighted by atomic mass is 32.2. The van der Waals surface area contributed by atoms with Gasteiger partial charge >= 0.3 is 0 Å². The molecule has 31 heavy (non-hydrogen) atoms. The summed E-state index contributed by atoms with van der Waals surface area (Å²) in [5.41, 5.74) is 3.84. The number of sulfonamides is 1. The Bertz CT molecular complexity index is 1150. The van der Waals surface area contributed by atoms with Gasteiger partial charge in [-0.15, -0.1) is 0 Å². The van der Waals surface area contributed by atoms with Gasteiger partial charge in [-0.1, -0.05) is 35.9 Å². The van der Waals surface area contributed by atoms with Crippen molar-refractivity contribution >= 4 is 27.3 Å². The largest absolute Gasteiger partial charge is 0.481 e. The Balaban J connectivity index is 1.66. The molecule has 0 aliphatic heterocycles. The summed E-state index contributed by atoms with van der Waals surface area (Å²) in [5.74, 6) is 0.275. The molecule has 0 aromatic heterocycles. The zero-order valence-electron chi connectivity index (χ0n) is 18.0. The first-order valence-electron chi connectivity index (χ1n) is 9.89. The van der Waals surface area contributed by atoms with E-state index < -0.39 is 16.1 Å². The van der Waals surface area contributed by atoms with Gasteiger partial charge in [0, 0.05) is 5.69 Å². The molecule has 7 heteroatoms. The molecular formula is C24H26N2O4S. The third kappa shape index (κ3) is 5.64. The van der Waals surface area contributed by atoms with Gasteiger partial charge in [-0.25, -0.2) is 8.42 Å². The summed E-state index contributed by atoms with van der Waals surface area (Å²) in [6.07, 6.45) is -0.711. The quantitative estimate of drug-likeness (QED) is 0.554. The predicted molar refractivity (Wildman–Crippen MR) is 123 cm³/mol. The Morgan fingerprint density at radius 1 is 0.871 bits per heavy atom. The molecule has 0 radical (unpaired) electrons. The SMILES string of the molecule is Cc1ccc(OC(C)C(=O)Nc2ccc(S(=O)(=O)Nc3c(C)cccc3C)cc2)cc1. The van der Waals surface area contributed by atoms with Crippen molar-refractivity contribution in [2.24, 2.45) is 0 Å². The van der Waals surface area contributed by atoms with Gasteiger partial charge in [-0.05, 0) is 75.2 Å². The van der Waals surface area contributed by atoms with Crippen LogP contribution in [0.3, 0.4) is 0 Å². The van der Waals surface area contributed by atoms with E-state index in [-0.39, 0.29) is 10.8 Å². The molecular weight excluding hydrogens is 412 g/mol. The van der Waals surface area contributed by atoms with Gasteiger partial charge in [0.05, 0.1) is 10.6 Å². The number of aryl methyl sites for hydroxylation is 3. The molecule has 0 aliphatic rings. The minimum Gasteiger partial charge on any atom is -0.481 e. The molecule has 0 heterocycles. The predicted octanol–water partition coefficient (Wildman–Crippen LogP) is 4.82. The number of anilines is 2. The third-order valence-corrected chi connectivity index (χ3v) is 6.22. The lowest BCUT2D eigenvalue weighted by Gasteiger charge is -2.16. The molecule has 2 N–H and O–H groups in total. The molecule has 162 valence electrons. The van der Waals surface area contributed by atoms with Gasteiger partial charge in [-0.3, -0.25) is 9.52 Å². The van der Waals surface area contributed by atoms with Gasteiger partial charge < -0.3 is 10.1 Å². The molecule has 0 spiro atoms. The van der Waals surface area contributed by atoms with Gasteiger partial charge in [0.15, 0.2) is 6.10 Å². The zero-order valence-corrected chi connectivity index (χ0v) is 18.8. The summed E-state index contributed by atoms with van der Waals surface area (Å²) in [6.45, 7) is 7.33. The standard InChI is InChI=1S/C24H26N2O4S/c1-16-8-12-21(13-9-16)30-19(4)24(27)25-20-10-14-22(15-11-20)31(28,29)26-23-17(2)6-5-7-18(23)3/h5-15,19,26H,1-4H3,(H,25,27). The average molecular weight is 439 g/mol. The van der Waals surface area contributed by atoms with E-state index in [0.717, 1.165) is 16.7 Å². The van der Waals surface area contributed by atoms with Crippen LogP contribution in [0.25, 0.3) is 0 Å². The maximum absolute atomic E-state index is 12.8. The summed E-state index contributed by atoms with van der Waals surface area (Å²) in [5, 5.41) is 2.74. The van der Waals surface area contributed by atoms with Crippen molar-refractivity contribution in [3.05, 3.63) is 83.4 Å². The first kappa shape index (κ1) is 22.4. The Morgan fingerprint density at radius 2 is 1.45 bits per heavy atom. The van der Waals surface area contributed by atoms with E-state index in [4.69, 9.17) is 4.74 Å². The number of hydrogen-bond acceptors (Lipinski definition) is 4. The minimum atomic E-state index is -3.75. The Morgan fingerprint density at radius 3 is 2.03 bits per heavy atom. The normalized spacial score (nSPS) is 12.1. The van der Waals surface area contributed by atoms with E-state index in [2.05, 4.69) is 10.0 Å². The fraction of sp³-hybridized carbons (Fsp3) is 0.208. The van der Waals surface area contributed by atoms with Crippen LogP contribution >= 0.6 is 0 Å². The van der Waals surface area contributed by atoms with Crippen molar-refractivity contribution in [3.8, 4) is 5.75 Å². The number of para-hydroxylation sites is 1. The second kappa shape index (κ2) is 9.22. The van der Waals surface area contributed by atoms with Crippen LogP contribution in [0, 0.1) is 20.8 Å². The van der Waals surface area contributed by atoms with Crippen LogP contribution < -0.4 is 14.8 Å². The molecule has 0 fully saturated rings. The van der Waals surface area contributed by atoms with Crippen LogP contribution in [0.15, 0.2) is 71.6 Å². The first-order valence-corrected chi connectivity index (χ1v) is 11.4. The number of rotatable bonds is 7. The smallest absolute Gasteiger partial charge is 0.265 e. The zero-order chi connectivity index (χ0) is 22.6. The number of carbonyl (C=O) groups excluding carboxylic acids is 1. The van der Waals surface area contributed by atoms with E-state index in [0.29, 0.717) is 17.1 Å². The molecule has 0 saturated heterocycles. The Hall–Kier alpha value is -3.32. The fourth-order valence-electron chi connectivity index (χ4n) is 3.00. The van der Waals surface area contributed by atoms with Crippen molar-refractivity contribution < 1.29 is 17.9 Å². The van der Waals surface area contributed by atoms with Gasteiger partial charge in [0.25, 0.3) is 15.9 Å². The summed E-state index contributed by atoms with van der Waals surface area (Å²) < 4.78 is 33.8. The van der Waals surface area contributed by atoms with E-state index in [1.807, 2.05) is 63.2 Å². The molecule has 3 rings (SSSR count). The highest BCUT2D eigenvalue weighted by Gasteiger charge is 2.18. The summed E-state index contributed by atoms with van der Waals surface area (Å²) in [6, 6.07) is 19.0. The van der Waals surface area contributed by atoms with Crippen molar-refractivity contribution in [2.45, 2.75) is 38.7 Å². The lowest BCUT2D eigenvalue weighted by molar-refractivity contribution is -0.122. The number of hydrogen-bond donors (Lipinski definition) is 2. The maximum Gasteiger partial charge on any atom is 0.265 e. The fourth-order valence-corrected chi connectivity index (χ4v) is 4.21. The lowest BCUT2D eigenvalue weighted by Crippen LogP contribution is -2.30. The van der Waals surface area contributed by atoms with Gasteiger partial charge in [0.1, 0.15) is 5.75 Å². The molecule has 1 atom stereocenters. The minimum absolute atomic E-state index is 0.108. The summed E-state index contributed by atoms with van der Waals surface area (Å²) >= 11 is 0. The first-order chi connectivity index (χ1) is 14.7. The van der Waals surface area contributed by atoms with E-state index >= 15 is 0 Å². The van der Waals surface area contributed by atoms with Crippen molar-refractivity contribution in [3.63, 3.8) is 0 Å². The number of amides is 1. The molecule has 3 aromatic carbocycles. The molecule has 1 amide bonds. The van der Waals surface area contributed by atoms with Crippen LogP contribution in [0.5, 0.6) is 5.75 Å². The lowest BCUT2D eigenvalue weighted by atomic mass is 10.1. The number of ether oxygens (including phenoxy) is 1. The number of carbonyl (C=O) groups is 1. The second-order valence-corrected chi connectivity index (χ2v) is 9.14. The topological polar surface area (TPSA) is 84.5 Å². The average Bonchev–Trinajstić information content (AvgIpc) is 2.73.